The van der Waals surface area contributed by atoms with Gasteiger partial charge in [-0.3, -0.25) is 0 Å². The van der Waals surface area contributed by atoms with Crippen LogP contribution in [-0.2, 0) is 0 Å². The molecule has 0 amide bonds. The van der Waals surface area contributed by atoms with E-state index in [1.165, 1.54) is 0 Å². The highest BCUT2D eigenvalue weighted by Gasteiger charge is 2.07. The van der Waals surface area contributed by atoms with Gasteiger partial charge in [0.1, 0.15) is 0 Å². The van der Waals surface area contributed by atoms with Gasteiger partial charge in [-0.05, 0) is 6.26 Å². The largest absolute Gasteiger partial charge is 0.313 e. The Morgan fingerprint density at radius 1 is 1.50 bits per heavy atom. The summed E-state index contributed by atoms with van der Waals surface area (Å²) in [7, 11) is 0. The Bertz CT molecular complexity index is 61.4. The summed E-state index contributed by atoms with van der Waals surface area (Å²) >= 11 is 1.87. The lowest BCUT2D eigenvalue weighted by atomic mass is 10.4. The third-order valence-corrected chi connectivity index (χ3v) is 2.19. The molecule has 0 radical (unpaired) electrons. The number of hydrogen-bond acceptors (Lipinski definition) is 3. The summed E-state index contributed by atoms with van der Waals surface area (Å²) in [5, 5.41) is 7.31. The highest BCUT2D eigenvalue weighted by Crippen LogP contribution is 2.01. The Hall–Kier alpha value is 0.270. The van der Waals surface area contributed by atoms with Gasteiger partial charge >= 0.3 is 0 Å². The molecule has 1 atom stereocenters. The number of rotatable bonds is 1. The molecule has 0 aromatic heterocycles. The molecule has 1 aliphatic heterocycles. The minimum Gasteiger partial charge on any atom is -0.313 e. The Morgan fingerprint density at radius 2 is 2.38 bits per heavy atom. The minimum atomic E-state index is 0.642. The van der Waals surface area contributed by atoms with Crippen LogP contribution in [-0.4, -0.2) is 31.3 Å². The summed E-state index contributed by atoms with van der Waals surface area (Å²) in [5.41, 5.74) is 0. The van der Waals surface area contributed by atoms with Crippen molar-refractivity contribution in [2.45, 2.75) is 5.37 Å². The number of hydrogen-bond donors (Lipinski definition) is 2. The van der Waals surface area contributed by atoms with E-state index in [2.05, 4.69) is 16.9 Å². The van der Waals surface area contributed by atoms with E-state index in [1.807, 2.05) is 11.8 Å². The molecule has 1 rings (SSSR count). The second-order valence-corrected chi connectivity index (χ2v) is 2.92. The van der Waals surface area contributed by atoms with Gasteiger partial charge in [0.25, 0.3) is 0 Å². The van der Waals surface area contributed by atoms with E-state index >= 15 is 0 Å². The second-order valence-electron chi connectivity index (χ2n) is 1.88. The van der Waals surface area contributed by atoms with Crippen molar-refractivity contribution in [3.05, 3.63) is 0 Å². The number of piperazine rings is 1. The highest BCUT2D eigenvalue weighted by molar-refractivity contribution is 7.99. The zero-order valence-corrected chi connectivity index (χ0v) is 5.92. The van der Waals surface area contributed by atoms with E-state index in [0.29, 0.717) is 5.37 Å². The summed E-state index contributed by atoms with van der Waals surface area (Å²) in [4.78, 5) is 0. The molecule has 1 unspecified atom stereocenters. The third-order valence-electron chi connectivity index (χ3n) is 1.29. The summed E-state index contributed by atoms with van der Waals surface area (Å²) in [6.45, 7) is 3.35. The lowest BCUT2D eigenvalue weighted by molar-refractivity contribution is 0.508. The first kappa shape index (κ1) is 6.39. The summed E-state index contributed by atoms with van der Waals surface area (Å²) in [5.74, 6) is 0. The molecule has 0 aromatic rings. The smallest absolute Gasteiger partial charge is 0.0656 e. The zero-order valence-electron chi connectivity index (χ0n) is 5.11. The van der Waals surface area contributed by atoms with Crippen molar-refractivity contribution in [2.24, 2.45) is 0 Å². The van der Waals surface area contributed by atoms with Gasteiger partial charge in [-0.2, -0.15) is 0 Å². The van der Waals surface area contributed by atoms with E-state index in [-0.39, 0.29) is 0 Å². The van der Waals surface area contributed by atoms with Crippen molar-refractivity contribution >= 4 is 11.8 Å². The first-order chi connectivity index (χ1) is 3.93. The fourth-order valence-electron chi connectivity index (χ4n) is 0.794. The maximum absolute atomic E-state index is 3.37. The van der Waals surface area contributed by atoms with Crippen LogP contribution in [0.2, 0.25) is 0 Å². The van der Waals surface area contributed by atoms with Crippen LogP contribution in [0, 0.1) is 0 Å². The van der Waals surface area contributed by atoms with Crippen LogP contribution in [0.1, 0.15) is 0 Å². The lowest BCUT2D eigenvalue weighted by Gasteiger charge is -2.22. The molecular weight excluding hydrogens is 120 g/mol. The van der Waals surface area contributed by atoms with Crippen LogP contribution < -0.4 is 10.6 Å². The van der Waals surface area contributed by atoms with Crippen LogP contribution in [0.5, 0.6) is 0 Å². The van der Waals surface area contributed by atoms with Crippen molar-refractivity contribution in [2.75, 3.05) is 25.9 Å². The Morgan fingerprint density at radius 3 is 2.75 bits per heavy atom. The molecular formula is C5H12N2S. The molecule has 3 heteroatoms. The fraction of sp³-hybridized carbons (Fsp3) is 1.00. The molecule has 2 N–H and O–H groups in total. The first-order valence-corrected chi connectivity index (χ1v) is 4.19. The van der Waals surface area contributed by atoms with Crippen LogP contribution in [0.25, 0.3) is 0 Å². The van der Waals surface area contributed by atoms with Gasteiger partial charge in [-0.25, -0.2) is 0 Å². The summed E-state index contributed by atoms with van der Waals surface area (Å²) in [6, 6.07) is 0. The maximum Gasteiger partial charge on any atom is 0.0656 e. The molecule has 1 saturated heterocycles. The predicted molar refractivity (Wildman–Crippen MR) is 38.2 cm³/mol. The predicted octanol–water partition coefficient (Wildman–Crippen LogP) is -0.132. The van der Waals surface area contributed by atoms with Gasteiger partial charge in [0.05, 0.1) is 5.37 Å². The van der Waals surface area contributed by atoms with E-state index in [9.17, 15) is 0 Å². The van der Waals surface area contributed by atoms with E-state index in [1.54, 1.807) is 0 Å². The monoisotopic (exact) mass is 132 g/mol. The van der Waals surface area contributed by atoms with Crippen LogP contribution >= 0.6 is 11.8 Å². The summed E-state index contributed by atoms with van der Waals surface area (Å²) < 4.78 is 0. The number of thioether (sulfide) groups is 1. The van der Waals surface area contributed by atoms with Crippen molar-refractivity contribution in [1.82, 2.24) is 10.6 Å². The van der Waals surface area contributed by atoms with Crippen LogP contribution in [0.3, 0.4) is 0 Å². The molecule has 0 saturated carbocycles. The number of nitrogens with one attached hydrogen (secondary N) is 2. The van der Waals surface area contributed by atoms with Gasteiger partial charge in [-0.15, -0.1) is 11.8 Å². The highest BCUT2D eigenvalue weighted by atomic mass is 32.2. The van der Waals surface area contributed by atoms with Crippen molar-refractivity contribution in [3.63, 3.8) is 0 Å². The second kappa shape index (κ2) is 3.33. The first-order valence-electron chi connectivity index (χ1n) is 2.90. The van der Waals surface area contributed by atoms with Gasteiger partial charge in [0.15, 0.2) is 0 Å². The standard InChI is InChI=1S/C5H12N2S/c1-8-5-4-6-2-3-7-5/h5-7H,2-4H2,1H3. The Balaban J connectivity index is 2.13. The molecule has 0 aromatic carbocycles. The Kier molecular flexibility index (Phi) is 2.66. The molecule has 8 heavy (non-hydrogen) atoms. The third kappa shape index (κ3) is 1.65. The fourth-order valence-corrected chi connectivity index (χ4v) is 1.36. The quantitative estimate of drug-likeness (QED) is 0.519. The van der Waals surface area contributed by atoms with E-state index in [4.69, 9.17) is 0 Å². The topological polar surface area (TPSA) is 24.1 Å². The molecule has 1 fully saturated rings. The average Bonchev–Trinajstić information content (AvgIpc) is 1.90. The normalized spacial score (nSPS) is 30.4. The van der Waals surface area contributed by atoms with Crippen molar-refractivity contribution in [1.29, 1.82) is 0 Å². The SMILES string of the molecule is CSC1CNCCN1. The maximum atomic E-state index is 3.37. The molecule has 0 aliphatic carbocycles. The van der Waals surface area contributed by atoms with E-state index < -0.39 is 0 Å². The molecule has 48 valence electrons. The lowest BCUT2D eigenvalue weighted by Crippen LogP contribution is -2.46. The average molecular weight is 132 g/mol. The van der Waals surface area contributed by atoms with E-state index in [0.717, 1.165) is 19.6 Å². The molecule has 1 heterocycles. The molecule has 0 bridgehead atoms. The Labute approximate surface area is 54.4 Å². The summed E-state index contributed by atoms with van der Waals surface area (Å²) in [6.07, 6.45) is 2.13. The van der Waals surface area contributed by atoms with Crippen molar-refractivity contribution < 1.29 is 0 Å². The van der Waals surface area contributed by atoms with Crippen LogP contribution in [0.15, 0.2) is 0 Å². The molecule has 2 nitrogen and oxygen atoms in total. The van der Waals surface area contributed by atoms with Gasteiger partial charge in [-0.1, -0.05) is 0 Å². The van der Waals surface area contributed by atoms with Gasteiger partial charge in [0, 0.05) is 19.6 Å². The molecule has 1 aliphatic rings. The van der Waals surface area contributed by atoms with Crippen molar-refractivity contribution in [3.8, 4) is 0 Å². The minimum absolute atomic E-state index is 0.642. The van der Waals surface area contributed by atoms with Gasteiger partial charge in [0.2, 0.25) is 0 Å². The molecule has 0 spiro atoms. The zero-order chi connectivity index (χ0) is 5.82. The van der Waals surface area contributed by atoms with Gasteiger partial charge < -0.3 is 10.6 Å². The van der Waals surface area contributed by atoms with Crippen LogP contribution in [0.4, 0.5) is 0 Å².